The van der Waals surface area contributed by atoms with Crippen LogP contribution in [0.3, 0.4) is 0 Å². The number of hydrogen-bond acceptors (Lipinski definition) is 5. The molecule has 1 N–H and O–H groups in total. The van der Waals surface area contributed by atoms with Crippen molar-refractivity contribution in [3.8, 4) is 11.5 Å². The number of hydrogen-bond donors (Lipinski definition) is 1. The number of benzene rings is 2. The van der Waals surface area contributed by atoms with E-state index in [4.69, 9.17) is 13.9 Å². The zero-order chi connectivity index (χ0) is 21.9. The lowest BCUT2D eigenvalue weighted by Gasteiger charge is -2.25. The lowest BCUT2D eigenvalue weighted by atomic mass is 10.0. The van der Waals surface area contributed by atoms with Gasteiger partial charge < -0.3 is 18.9 Å². The van der Waals surface area contributed by atoms with Crippen LogP contribution in [0.5, 0.6) is 11.5 Å². The molecule has 0 bridgehead atoms. The minimum absolute atomic E-state index is 0.0992. The van der Waals surface area contributed by atoms with E-state index in [0.717, 1.165) is 72.6 Å². The summed E-state index contributed by atoms with van der Waals surface area (Å²) in [5, 5.41) is 2.19. The van der Waals surface area contributed by atoms with Gasteiger partial charge in [-0.3, -0.25) is 9.69 Å². The number of unbranched alkanes of at least 4 members (excludes halogenated alkanes) is 1. The van der Waals surface area contributed by atoms with E-state index in [1.165, 1.54) is 17.0 Å². The zero-order valence-electron chi connectivity index (χ0n) is 18.4. The van der Waals surface area contributed by atoms with Crippen molar-refractivity contribution < 1.29 is 13.9 Å². The predicted octanol–water partition coefficient (Wildman–Crippen LogP) is 4.89. The van der Waals surface area contributed by atoms with Gasteiger partial charge in [0.1, 0.15) is 11.5 Å². The molecule has 166 valence electrons. The molecule has 1 aliphatic rings. The molecule has 32 heavy (non-hydrogen) atoms. The summed E-state index contributed by atoms with van der Waals surface area (Å²) < 4.78 is 17.9. The van der Waals surface area contributed by atoms with Crippen LogP contribution in [0.1, 0.15) is 31.1 Å². The fourth-order valence-corrected chi connectivity index (χ4v) is 4.45. The van der Waals surface area contributed by atoms with Crippen LogP contribution >= 0.6 is 0 Å². The standard InChI is InChI=1S/C26H28N2O4/c1-2-30-23-7-5-6-21-20-12-14-28(17-24(20)32-26(21)23)13-3-4-15-31-19-10-8-18-9-11-25(29)27-22(18)16-19/h5-11,16H,2-4,12-15,17H2,1H3,(H,27,29). The number of H-pyrrole nitrogens is 1. The van der Waals surface area contributed by atoms with E-state index in [0.29, 0.717) is 13.2 Å². The van der Waals surface area contributed by atoms with Crippen LogP contribution in [0.4, 0.5) is 0 Å². The normalized spacial score (nSPS) is 14.0. The fraction of sp³-hybridized carbons (Fsp3) is 0.346. The summed E-state index contributed by atoms with van der Waals surface area (Å²) in [6.07, 6.45) is 3.04. The van der Waals surface area contributed by atoms with Crippen molar-refractivity contribution in [2.24, 2.45) is 0 Å². The van der Waals surface area contributed by atoms with Gasteiger partial charge in [-0.15, -0.1) is 0 Å². The number of nitrogens with one attached hydrogen (secondary N) is 1. The minimum Gasteiger partial charge on any atom is -0.494 e. The van der Waals surface area contributed by atoms with Crippen LogP contribution in [0, 0.1) is 0 Å². The number of nitrogens with zero attached hydrogens (tertiary/aromatic N) is 1. The molecule has 0 atom stereocenters. The van der Waals surface area contributed by atoms with E-state index >= 15 is 0 Å². The predicted molar refractivity (Wildman–Crippen MR) is 126 cm³/mol. The third-order valence-electron chi connectivity index (χ3n) is 6.05. The van der Waals surface area contributed by atoms with Crippen LogP contribution in [0.25, 0.3) is 21.9 Å². The van der Waals surface area contributed by atoms with E-state index < -0.39 is 0 Å². The van der Waals surface area contributed by atoms with Gasteiger partial charge in [0.15, 0.2) is 11.3 Å². The minimum atomic E-state index is -0.0992. The maximum atomic E-state index is 11.5. The molecule has 6 heteroatoms. The molecule has 0 fully saturated rings. The summed E-state index contributed by atoms with van der Waals surface area (Å²) in [5.74, 6) is 2.69. The summed E-state index contributed by atoms with van der Waals surface area (Å²) in [6, 6.07) is 15.3. The van der Waals surface area contributed by atoms with Crippen molar-refractivity contribution in [1.29, 1.82) is 0 Å². The maximum Gasteiger partial charge on any atom is 0.248 e. The highest BCUT2D eigenvalue weighted by Crippen LogP contribution is 2.35. The first-order chi connectivity index (χ1) is 15.7. The molecule has 3 heterocycles. The molecule has 0 radical (unpaired) electrons. The first-order valence-corrected chi connectivity index (χ1v) is 11.4. The van der Waals surface area contributed by atoms with Crippen molar-refractivity contribution >= 4 is 21.9 Å². The van der Waals surface area contributed by atoms with Crippen molar-refractivity contribution in [2.75, 3.05) is 26.3 Å². The summed E-state index contributed by atoms with van der Waals surface area (Å²) in [7, 11) is 0. The van der Waals surface area contributed by atoms with Crippen molar-refractivity contribution in [3.63, 3.8) is 0 Å². The highest BCUT2D eigenvalue weighted by Gasteiger charge is 2.23. The molecule has 0 saturated carbocycles. The molecule has 5 rings (SSSR count). The first kappa shape index (κ1) is 20.6. The lowest BCUT2D eigenvalue weighted by Crippen LogP contribution is -2.30. The second-order valence-electron chi connectivity index (χ2n) is 8.22. The molecule has 0 spiro atoms. The summed E-state index contributed by atoms with van der Waals surface area (Å²) in [6.45, 7) is 6.19. The number of furan rings is 1. The van der Waals surface area contributed by atoms with Crippen LogP contribution in [0.2, 0.25) is 0 Å². The van der Waals surface area contributed by atoms with Gasteiger partial charge in [-0.25, -0.2) is 0 Å². The molecule has 6 nitrogen and oxygen atoms in total. The Morgan fingerprint density at radius 2 is 2.00 bits per heavy atom. The van der Waals surface area contributed by atoms with Crippen LogP contribution in [0.15, 0.2) is 57.7 Å². The Morgan fingerprint density at radius 3 is 2.91 bits per heavy atom. The number of rotatable bonds is 8. The smallest absolute Gasteiger partial charge is 0.248 e. The van der Waals surface area contributed by atoms with Gasteiger partial charge in [0, 0.05) is 29.6 Å². The molecule has 2 aromatic carbocycles. The molecular formula is C26H28N2O4. The van der Waals surface area contributed by atoms with Gasteiger partial charge in [0.25, 0.3) is 0 Å². The Hall–Kier alpha value is -3.25. The Labute approximate surface area is 186 Å². The van der Waals surface area contributed by atoms with E-state index in [-0.39, 0.29) is 5.56 Å². The van der Waals surface area contributed by atoms with Gasteiger partial charge in [0.05, 0.1) is 25.3 Å². The fourth-order valence-electron chi connectivity index (χ4n) is 4.45. The van der Waals surface area contributed by atoms with Crippen molar-refractivity contribution in [3.05, 3.63) is 70.2 Å². The van der Waals surface area contributed by atoms with E-state index in [2.05, 4.69) is 16.0 Å². The van der Waals surface area contributed by atoms with Crippen LogP contribution in [-0.2, 0) is 13.0 Å². The van der Waals surface area contributed by atoms with E-state index in [1.54, 1.807) is 0 Å². The highest BCUT2D eigenvalue weighted by atomic mass is 16.5. The van der Waals surface area contributed by atoms with Crippen molar-refractivity contribution in [1.82, 2.24) is 9.88 Å². The summed E-state index contributed by atoms with van der Waals surface area (Å²) >= 11 is 0. The highest BCUT2D eigenvalue weighted by molar-refractivity contribution is 5.87. The number of fused-ring (bicyclic) bond motifs is 4. The Bertz CT molecular complexity index is 1290. The van der Waals surface area contributed by atoms with Gasteiger partial charge >= 0.3 is 0 Å². The lowest BCUT2D eigenvalue weighted by molar-refractivity contribution is 0.217. The molecule has 0 aliphatic carbocycles. The Morgan fingerprint density at radius 1 is 1.09 bits per heavy atom. The SMILES string of the molecule is CCOc1cccc2c3c(oc12)CN(CCCCOc1ccc2ccc(=O)[nH]c2c1)CC3. The van der Waals surface area contributed by atoms with Crippen LogP contribution in [-0.4, -0.2) is 36.2 Å². The average Bonchev–Trinajstić information content (AvgIpc) is 3.17. The zero-order valence-corrected chi connectivity index (χ0v) is 18.4. The molecule has 4 aromatic rings. The van der Waals surface area contributed by atoms with Gasteiger partial charge in [0.2, 0.25) is 5.56 Å². The van der Waals surface area contributed by atoms with Gasteiger partial charge in [-0.05, 0) is 62.4 Å². The first-order valence-electron chi connectivity index (χ1n) is 11.4. The molecule has 2 aromatic heterocycles. The quantitative estimate of drug-likeness (QED) is 0.402. The Kier molecular flexibility index (Phi) is 5.86. The number of aromatic nitrogens is 1. The third-order valence-corrected chi connectivity index (χ3v) is 6.05. The van der Waals surface area contributed by atoms with E-state index in [1.807, 2.05) is 43.3 Å². The molecule has 0 amide bonds. The third kappa shape index (κ3) is 4.23. The largest absolute Gasteiger partial charge is 0.494 e. The number of pyridine rings is 1. The average molecular weight is 433 g/mol. The number of ether oxygens (including phenoxy) is 2. The molecular weight excluding hydrogens is 404 g/mol. The second kappa shape index (κ2) is 9.09. The van der Waals surface area contributed by atoms with Gasteiger partial charge in [-0.1, -0.05) is 12.1 Å². The summed E-state index contributed by atoms with van der Waals surface area (Å²) in [4.78, 5) is 16.8. The second-order valence-corrected chi connectivity index (χ2v) is 8.22. The number of para-hydroxylation sites is 1. The Balaban J connectivity index is 1.13. The molecule has 0 saturated heterocycles. The van der Waals surface area contributed by atoms with E-state index in [9.17, 15) is 4.79 Å². The van der Waals surface area contributed by atoms with Gasteiger partial charge in [-0.2, -0.15) is 0 Å². The maximum absolute atomic E-state index is 11.5. The van der Waals surface area contributed by atoms with Crippen molar-refractivity contribution in [2.45, 2.75) is 32.7 Å². The monoisotopic (exact) mass is 432 g/mol. The molecule has 0 unspecified atom stereocenters. The summed E-state index contributed by atoms with van der Waals surface area (Å²) in [5.41, 5.74) is 2.91. The van der Waals surface area contributed by atoms with Crippen LogP contribution < -0.4 is 15.0 Å². The number of aromatic amines is 1. The topological polar surface area (TPSA) is 67.7 Å². The molecule has 1 aliphatic heterocycles.